The zero-order valence-electron chi connectivity index (χ0n) is 10.8. The summed E-state index contributed by atoms with van der Waals surface area (Å²) in [6.07, 6.45) is -4.44. The van der Waals surface area contributed by atoms with Crippen LogP contribution in [0.5, 0.6) is 11.5 Å². The monoisotopic (exact) mass is 288 g/mol. The quantitative estimate of drug-likeness (QED) is 0.858. The number of aliphatic hydroxyl groups is 1. The minimum Gasteiger partial charge on any atom is -0.486 e. The van der Waals surface area contributed by atoms with Crippen molar-refractivity contribution in [3.8, 4) is 11.5 Å². The van der Waals surface area contributed by atoms with Crippen molar-refractivity contribution in [1.29, 1.82) is 0 Å². The van der Waals surface area contributed by atoms with E-state index in [9.17, 15) is 18.7 Å². The molecule has 0 amide bonds. The Morgan fingerprint density at radius 2 is 2.10 bits per heavy atom. The number of rotatable bonds is 4. The molecule has 1 aromatic rings. The van der Waals surface area contributed by atoms with E-state index in [4.69, 9.17) is 9.47 Å². The Hall–Kier alpha value is -1.89. The number of aliphatic hydroxyl groups excluding tert-OH is 1. The summed E-state index contributed by atoms with van der Waals surface area (Å²) in [5, 5.41) is 9.93. The van der Waals surface area contributed by atoms with E-state index in [1.54, 1.807) is 6.92 Å². The predicted molar refractivity (Wildman–Crippen MR) is 64.0 cm³/mol. The molecule has 110 valence electrons. The smallest absolute Gasteiger partial charge is 0.339 e. The van der Waals surface area contributed by atoms with E-state index in [2.05, 4.69) is 4.74 Å². The van der Waals surface area contributed by atoms with Crippen LogP contribution in [-0.2, 0) is 9.53 Å². The summed E-state index contributed by atoms with van der Waals surface area (Å²) in [5.41, 5.74) is -0.427. The van der Waals surface area contributed by atoms with Crippen LogP contribution >= 0.6 is 0 Å². The van der Waals surface area contributed by atoms with Crippen LogP contribution in [0.2, 0.25) is 0 Å². The predicted octanol–water partition coefficient (Wildman–Crippen LogP) is 1.99. The maximum Gasteiger partial charge on any atom is 0.339 e. The molecular formula is C13H14F2O5. The summed E-state index contributed by atoms with van der Waals surface area (Å²) in [5.74, 6) is -0.733. The van der Waals surface area contributed by atoms with E-state index >= 15 is 0 Å². The van der Waals surface area contributed by atoms with Crippen LogP contribution < -0.4 is 9.47 Å². The van der Waals surface area contributed by atoms with E-state index < -0.39 is 18.5 Å². The lowest BCUT2D eigenvalue weighted by Crippen LogP contribution is -2.21. The van der Waals surface area contributed by atoms with Gasteiger partial charge in [-0.05, 0) is 19.1 Å². The van der Waals surface area contributed by atoms with Crippen molar-refractivity contribution in [2.45, 2.75) is 19.5 Å². The highest BCUT2D eigenvalue weighted by Crippen LogP contribution is 2.40. The second-order valence-electron chi connectivity index (χ2n) is 4.09. The van der Waals surface area contributed by atoms with E-state index in [-0.39, 0.29) is 42.4 Å². The maximum atomic E-state index is 12.8. The molecule has 0 saturated carbocycles. The molecule has 2 rings (SSSR count). The van der Waals surface area contributed by atoms with Crippen molar-refractivity contribution in [3.05, 3.63) is 23.3 Å². The number of benzene rings is 1. The molecule has 7 heteroatoms. The van der Waals surface area contributed by atoms with Gasteiger partial charge < -0.3 is 19.3 Å². The fourth-order valence-corrected chi connectivity index (χ4v) is 1.88. The van der Waals surface area contributed by atoms with Gasteiger partial charge in [-0.15, -0.1) is 0 Å². The van der Waals surface area contributed by atoms with Gasteiger partial charge in [-0.1, -0.05) is 0 Å². The maximum absolute atomic E-state index is 12.8. The normalized spacial score (nSPS) is 15.1. The minimum atomic E-state index is -2.75. The number of hydrogen-bond donors (Lipinski definition) is 1. The van der Waals surface area contributed by atoms with Gasteiger partial charge in [-0.3, -0.25) is 0 Å². The van der Waals surface area contributed by atoms with E-state index in [1.807, 2.05) is 0 Å². The highest BCUT2D eigenvalue weighted by Gasteiger charge is 2.29. The average Bonchev–Trinajstić information content (AvgIpc) is 2.45. The van der Waals surface area contributed by atoms with Gasteiger partial charge in [0.25, 0.3) is 6.43 Å². The Bertz CT molecular complexity index is 504. The molecule has 0 aliphatic carbocycles. The molecule has 1 aliphatic heterocycles. The summed E-state index contributed by atoms with van der Waals surface area (Å²) < 4.78 is 40.9. The van der Waals surface area contributed by atoms with Gasteiger partial charge in [-0.25, -0.2) is 13.6 Å². The molecule has 1 aromatic carbocycles. The van der Waals surface area contributed by atoms with Gasteiger partial charge >= 0.3 is 5.97 Å². The summed E-state index contributed by atoms with van der Waals surface area (Å²) in [6.45, 7) is 2.08. The Balaban J connectivity index is 2.44. The Labute approximate surface area is 114 Å². The van der Waals surface area contributed by atoms with E-state index in [1.165, 1.54) is 0 Å². The fraction of sp³-hybridized carbons (Fsp3) is 0.462. The van der Waals surface area contributed by atoms with Crippen molar-refractivity contribution >= 4 is 5.97 Å². The van der Waals surface area contributed by atoms with Crippen LogP contribution in [-0.4, -0.2) is 30.9 Å². The van der Waals surface area contributed by atoms with Gasteiger partial charge in [0.2, 0.25) is 0 Å². The summed E-state index contributed by atoms with van der Waals surface area (Å²) >= 11 is 0. The molecule has 1 atom stereocenters. The molecule has 20 heavy (non-hydrogen) atoms. The number of alkyl halides is 2. The lowest BCUT2D eigenvalue weighted by molar-refractivity contribution is -0.153. The van der Waals surface area contributed by atoms with Gasteiger partial charge in [0, 0.05) is 11.1 Å². The second-order valence-corrected chi connectivity index (χ2v) is 4.09. The van der Waals surface area contributed by atoms with Crippen molar-refractivity contribution in [2.75, 3.05) is 19.8 Å². The van der Waals surface area contributed by atoms with Crippen molar-refractivity contribution < 1.29 is 32.9 Å². The van der Waals surface area contributed by atoms with Gasteiger partial charge in [0.05, 0.1) is 6.61 Å². The molecule has 5 nitrogen and oxygen atoms in total. The van der Waals surface area contributed by atoms with Crippen LogP contribution in [0, 0.1) is 0 Å². The molecule has 1 unspecified atom stereocenters. The molecule has 0 radical (unpaired) electrons. The molecule has 0 fully saturated rings. The molecule has 1 N–H and O–H groups in total. The van der Waals surface area contributed by atoms with Crippen LogP contribution in [0.25, 0.3) is 0 Å². The Morgan fingerprint density at radius 3 is 2.75 bits per heavy atom. The topological polar surface area (TPSA) is 65.0 Å². The number of ether oxygens (including phenoxy) is 3. The Morgan fingerprint density at radius 1 is 1.40 bits per heavy atom. The molecule has 0 aromatic heterocycles. The van der Waals surface area contributed by atoms with E-state index in [0.29, 0.717) is 0 Å². The number of fused-ring (bicyclic) bond motifs is 1. The number of hydrogen-bond acceptors (Lipinski definition) is 5. The first-order chi connectivity index (χ1) is 9.54. The number of esters is 1. The fourth-order valence-electron chi connectivity index (χ4n) is 1.88. The highest BCUT2D eigenvalue weighted by molar-refractivity contribution is 5.78. The van der Waals surface area contributed by atoms with Crippen LogP contribution in [0.1, 0.15) is 30.6 Å². The zero-order chi connectivity index (χ0) is 14.7. The first-order valence-corrected chi connectivity index (χ1v) is 6.10. The van der Waals surface area contributed by atoms with Gasteiger partial charge in [0.15, 0.2) is 17.6 Å². The lowest BCUT2D eigenvalue weighted by Gasteiger charge is -2.23. The first-order valence-electron chi connectivity index (χ1n) is 6.10. The van der Waals surface area contributed by atoms with Gasteiger partial charge in [-0.2, -0.15) is 0 Å². The van der Waals surface area contributed by atoms with Crippen molar-refractivity contribution in [3.63, 3.8) is 0 Å². The number of halogens is 2. The molecular weight excluding hydrogens is 274 g/mol. The standard InChI is InChI=1S/C13H14F2O5/c1-2-18-13(17)10(16)8-5-7(12(14)15)6-9-11(8)20-4-3-19-9/h5-6,10,12,16H,2-4H2,1H3. The van der Waals surface area contributed by atoms with Crippen molar-refractivity contribution in [2.24, 2.45) is 0 Å². The van der Waals surface area contributed by atoms with Gasteiger partial charge in [0.1, 0.15) is 13.2 Å². The SMILES string of the molecule is CCOC(=O)C(O)c1cc(C(F)F)cc2c1OCCO2. The van der Waals surface area contributed by atoms with Crippen LogP contribution in [0.15, 0.2) is 12.1 Å². The molecule has 0 saturated heterocycles. The van der Waals surface area contributed by atoms with Crippen molar-refractivity contribution in [1.82, 2.24) is 0 Å². The summed E-state index contributed by atoms with van der Waals surface area (Å²) in [4.78, 5) is 11.6. The lowest BCUT2D eigenvalue weighted by atomic mass is 10.0. The third-order valence-electron chi connectivity index (χ3n) is 2.75. The Kier molecular flexibility index (Phi) is 4.39. The van der Waals surface area contributed by atoms with Crippen LogP contribution in [0.3, 0.4) is 0 Å². The van der Waals surface area contributed by atoms with E-state index in [0.717, 1.165) is 12.1 Å². The molecule has 1 aliphatic rings. The molecule has 1 heterocycles. The largest absolute Gasteiger partial charge is 0.486 e. The number of carbonyl (C=O) groups is 1. The highest BCUT2D eigenvalue weighted by atomic mass is 19.3. The number of carbonyl (C=O) groups excluding carboxylic acids is 1. The average molecular weight is 288 g/mol. The third-order valence-corrected chi connectivity index (χ3v) is 2.75. The zero-order valence-corrected chi connectivity index (χ0v) is 10.8. The molecule has 0 bridgehead atoms. The third kappa shape index (κ3) is 2.82. The summed E-state index contributed by atoms with van der Waals surface area (Å²) in [7, 11) is 0. The summed E-state index contributed by atoms with van der Waals surface area (Å²) in [6, 6.07) is 2.17. The van der Waals surface area contributed by atoms with Crippen LogP contribution in [0.4, 0.5) is 8.78 Å². The molecule has 0 spiro atoms. The minimum absolute atomic E-state index is 0.0732. The second kappa shape index (κ2) is 6.04. The first kappa shape index (κ1) is 14.5.